The number of amides is 1. The summed E-state index contributed by atoms with van der Waals surface area (Å²) in [5.74, 6) is 0.546. The third-order valence-electron chi connectivity index (χ3n) is 4.48. The Morgan fingerprint density at radius 2 is 1.69 bits per heavy atom. The normalized spacial score (nSPS) is 11.6. The van der Waals surface area contributed by atoms with Gasteiger partial charge in [0.05, 0.1) is 16.7 Å². The minimum Gasteiger partial charge on any atom is -0.333 e. The number of hydrazone groups is 1. The van der Waals surface area contributed by atoms with Gasteiger partial charge in [0.1, 0.15) is 0 Å². The quantitative estimate of drug-likeness (QED) is 0.272. The number of carbonyl (C=O) groups excluding carboxylic acids is 1. The van der Waals surface area contributed by atoms with Crippen molar-refractivity contribution in [2.45, 2.75) is 17.8 Å². The van der Waals surface area contributed by atoms with Gasteiger partial charge in [0, 0.05) is 11.3 Å². The van der Waals surface area contributed by atoms with Crippen molar-refractivity contribution in [1.82, 2.24) is 15.4 Å². The van der Waals surface area contributed by atoms with E-state index in [0.717, 1.165) is 38.8 Å². The Labute approximate surface area is 173 Å². The fourth-order valence-electron chi connectivity index (χ4n) is 2.84. The van der Waals surface area contributed by atoms with Crippen LogP contribution in [0.1, 0.15) is 28.4 Å². The zero-order chi connectivity index (χ0) is 20.1. The zero-order valence-electron chi connectivity index (χ0n) is 15.9. The maximum Gasteiger partial charge on any atom is 0.271 e. The number of para-hydroxylation sites is 2. The van der Waals surface area contributed by atoms with E-state index >= 15 is 0 Å². The molecule has 0 saturated carbocycles. The molecule has 6 heteroatoms. The molecule has 29 heavy (non-hydrogen) atoms. The SMILES string of the molecule is CC(=NNC(=O)c1ccc(CSc2nc3ccccc3[nH]2)cc1)c1ccccc1. The number of nitrogens with zero attached hydrogens (tertiary/aromatic N) is 2. The number of carbonyl (C=O) groups is 1. The highest BCUT2D eigenvalue weighted by atomic mass is 32.2. The fraction of sp³-hybridized carbons (Fsp3) is 0.0870. The lowest BCUT2D eigenvalue weighted by molar-refractivity contribution is 0.0955. The van der Waals surface area contributed by atoms with Gasteiger partial charge in [0.15, 0.2) is 5.16 Å². The van der Waals surface area contributed by atoms with Crippen LogP contribution in [0.25, 0.3) is 11.0 Å². The number of nitrogens with one attached hydrogen (secondary N) is 2. The van der Waals surface area contributed by atoms with Crippen LogP contribution in [0.4, 0.5) is 0 Å². The third-order valence-corrected chi connectivity index (χ3v) is 5.42. The van der Waals surface area contributed by atoms with Crippen LogP contribution in [0, 0.1) is 0 Å². The number of rotatable bonds is 6. The molecule has 0 unspecified atom stereocenters. The Bertz CT molecular complexity index is 1120. The first-order chi connectivity index (χ1) is 14.2. The van der Waals surface area contributed by atoms with E-state index < -0.39 is 0 Å². The summed E-state index contributed by atoms with van der Waals surface area (Å²) in [6.45, 7) is 1.87. The Balaban J connectivity index is 1.35. The molecule has 0 aliphatic carbocycles. The second-order valence-electron chi connectivity index (χ2n) is 6.55. The molecule has 1 aromatic heterocycles. The maximum atomic E-state index is 12.3. The summed E-state index contributed by atoms with van der Waals surface area (Å²) < 4.78 is 0. The first-order valence-corrected chi connectivity index (χ1v) is 10.2. The molecule has 0 fully saturated rings. The van der Waals surface area contributed by atoms with Gasteiger partial charge in [-0.05, 0) is 42.3 Å². The predicted molar refractivity (Wildman–Crippen MR) is 118 cm³/mol. The van der Waals surface area contributed by atoms with Crippen molar-refractivity contribution in [2.75, 3.05) is 0 Å². The number of H-pyrrole nitrogens is 1. The number of benzene rings is 3. The van der Waals surface area contributed by atoms with E-state index in [1.807, 2.05) is 85.8 Å². The summed E-state index contributed by atoms with van der Waals surface area (Å²) in [5.41, 5.74) is 8.06. The standard InChI is InChI=1S/C23H20N4OS/c1-16(18-7-3-2-4-8-18)26-27-22(28)19-13-11-17(12-14-19)15-29-23-24-20-9-5-6-10-21(20)25-23/h2-14H,15H2,1H3,(H,24,25)(H,27,28). The molecule has 3 aromatic carbocycles. The summed E-state index contributed by atoms with van der Waals surface area (Å²) in [5, 5.41) is 5.08. The second-order valence-corrected chi connectivity index (χ2v) is 7.51. The van der Waals surface area contributed by atoms with Crippen molar-refractivity contribution in [1.29, 1.82) is 0 Å². The Morgan fingerprint density at radius 3 is 2.45 bits per heavy atom. The number of thioether (sulfide) groups is 1. The largest absolute Gasteiger partial charge is 0.333 e. The highest BCUT2D eigenvalue weighted by Gasteiger charge is 2.07. The molecular weight excluding hydrogens is 380 g/mol. The molecule has 0 saturated heterocycles. The van der Waals surface area contributed by atoms with Crippen molar-refractivity contribution >= 4 is 34.4 Å². The van der Waals surface area contributed by atoms with Gasteiger partial charge in [-0.3, -0.25) is 4.79 Å². The van der Waals surface area contributed by atoms with Crippen LogP contribution in [0.15, 0.2) is 89.1 Å². The minimum atomic E-state index is -0.225. The molecule has 0 spiro atoms. The van der Waals surface area contributed by atoms with Crippen LogP contribution < -0.4 is 5.43 Å². The van der Waals surface area contributed by atoms with Crippen LogP contribution in [-0.2, 0) is 5.75 Å². The van der Waals surface area contributed by atoms with E-state index in [4.69, 9.17) is 0 Å². The zero-order valence-corrected chi connectivity index (χ0v) is 16.7. The first kappa shape index (κ1) is 19.0. The Kier molecular flexibility index (Phi) is 5.72. The van der Waals surface area contributed by atoms with E-state index in [0.29, 0.717) is 5.56 Å². The number of aromatic amines is 1. The van der Waals surface area contributed by atoms with Crippen molar-refractivity contribution in [2.24, 2.45) is 5.10 Å². The summed E-state index contributed by atoms with van der Waals surface area (Å²) in [6.07, 6.45) is 0. The van der Waals surface area contributed by atoms with E-state index in [-0.39, 0.29) is 5.91 Å². The van der Waals surface area contributed by atoms with Gasteiger partial charge in [0.25, 0.3) is 5.91 Å². The van der Waals surface area contributed by atoms with Crippen LogP contribution in [-0.4, -0.2) is 21.6 Å². The van der Waals surface area contributed by atoms with Gasteiger partial charge in [-0.15, -0.1) is 0 Å². The molecule has 2 N–H and O–H groups in total. The van der Waals surface area contributed by atoms with Crippen LogP contribution in [0.5, 0.6) is 0 Å². The van der Waals surface area contributed by atoms with Gasteiger partial charge < -0.3 is 4.98 Å². The van der Waals surface area contributed by atoms with Crippen LogP contribution in [0.2, 0.25) is 0 Å². The molecule has 1 heterocycles. The van der Waals surface area contributed by atoms with Gasteiger partial charge >= 0.3 is 0 Å². The summed E-state index contributed by atoms with van der Waals surface area (Å²) in [7, 11) is 0. The first-order valence-electron chi connectivity index (χ1n) is 9.25. The molecule has 144 valence electrons. The molecule has 0 aliphatic rings. The smallest absolute Gasteiger partial charge is 0.271 e. The topological polar surface area (TPSA) is 70.1 Å². The van der Waals surface area contributed by atoms with E-state index in [9.17, 15) is 4.79 Å². The monoisotopic (exact) mass is 400 g/mol. The van der Waals surface area contributed by atoms with Gasteiger partial charge in [0.2, 0.25) is 0 Å². The van der Waals surface area contributed by atoms with Crippen molar-refractivity contribution in [3.63, 3.8) is 0 Å². The van der Waals surface area contributed by atoms with Crippen molar-refractivity contribution in [3.05, 3.63) is 95.6 Å². The Morgan fingerprint density at radius 1 is 0.966 bits per heavy atom. The summed E-state index contributed by atoms with van der Waals surface area (Å²) >= 11 is 1.64. The molecule has 1 amide bonds. The van der Waals surface area contributed by atoms with Crippen molar-refractivity contribution < 1.29 is 4.79 Å². The van der Waals surface area contributed by atoms with Gasteiger partial charge in [-0.25, -0.2) is 10.4 Å². The van der Waals surface area contributed by atoms with Crippen LogP contribution >= 0.6 is 11.8 Å². The predicted octanol–water partition coefficient (Wildman–Crippen LogP) is 5.01. The molecule has 0 aliphatic heterocycles. The molecule has 0 atom stereocenters. The lowest BCUT2D eigenvalue weighted by Gasteiger charge is -2.04. The molecule has 4 rings (SSSR count). The van der Waals surface area contributed by atoms with E-state index in [1.165, 1.54) is 0 Å². The van der Waals surface area contributed by atoms with Gasteiger partial charge in [-0.1, -0.05) is 66.4 Å². The number of imidazole rings is 1. The second kappa shape index (κ2) is 8.75. The molecule has 0 bridgehead atoms. The van der Waals surface area contributed by atoms with Gasteiger partial charge in [-0.2, -0.15) is 5.10 Å². The maximum absolute atomic E-state index is 12.3. The molecule has 4 aromatic rings. The van der Waals surface area contributed by atoms with Crippen LogP contribution in [0.3, 0.4) is 0 Å². The van der Waals surface area contributed by atoms with Crippen molar-refractivity contribution in [3.8, 4) is 0 Å². The number of aromatic nitrogens is 2. The highest BCUT2D eigenvalue weighted by Crippen LogP contribution is 2.23. The lowest BCUT2D eigenvalue weighted by Crippen LogP contribution is -2.19. The molecule has 5 nitrogen and oxygen atoms in total. The average Bonchev–Trinajstić information content (AvgIpc) is 3.20. The molecule has 0 radical (unpaired) electrons. The summed E-state index contributed by atoms with van der Waals surface area (Å²) in [6, 6.07) is 25.3. The molecular formula is C23H20N4OS. The average molecular weight is 401 g/mol. The third kappa shape index (κ3) is 4.73. The Hall–Kier alpha value is -3.38. The number of hydrogen-bond acceptors (Lipinski definition) is 4. The minimum absolute atomic E-state index is 0.225. The van der Waals surface area contributed by atoms with E-state index in [2.05, 4.69) is 20.5 Å². The van der Waals surface area contributed by atoms with E-state index in [1.54, 1.807) is 11.8 Å². The number of hydrogen-bond donors (Lipinski definition) is 2. The highest BCUT2D eigenvalue weighted by molar-refractivity contribution is 7.98. The lowest BCUT2D eigenvalue weighted by atomic mass is 10.1. The number of fused-ring (bicyclic) bond motifs is 1. The summed E-state index contributed by atoms with van der Waals surface area (Å²) in [4.78, 5) is 20.2. The fourth-order valence-corrected chi connectivity index (χ4v) is 3.69.